The molecule has 0 unspecified atom stereocenters. The quantitative estimate of drug-likeness (QED) is 0.819. The third kappa shape index (κ3) is 5.14. The SMILES string of the molecule is CN1CCN([C@H]2CCN(c3ccc(C(F)(F)F)cn3)C[C@H]2CCC(=O)O)CC1. The molecule has 2 atom stereocenters. The van der Waals surface area contributed by atoms with E-state index in [0.29, 0.717) is 31.4 Å². The van der Waals surface area contributed by atoms with E-state index < -0.39 is 17.7 Å². The third-order valence-electron chi connectivity index (χ3n) is 5.83. The van der Waals surface area contributed by atoms with Crippen LogP contribution in [0.3, 0.4) is 0 Å². The molecule has 2 saturated heterocycles. The number of pyridine rings is 1. The summed E-state index contributed by atoms with van der Waals surface area (Å²) in [4.78, 5) is 21.8. The number of nitrogens with zero attached hydrogens (tertiary/aromatic N) is 4. The first-order chi connectivity index (χ1) is 13.2. The summed E-state index contributed by atoms with van der Waals surface area (Å²) in [5, 5.41) is 9.11. The molecule has 0 aromatic carbocycles. The van der Waals surface area contributed by atoms with Gasteiger partial charge in [-0.15, -0.1) is 0 Å². The minimum Gasteiger partial charge on any atom is -0.481 e. The molecule has 3 heterocycles. The molecule has 9 heteroatoms. The van der Waals surface area contributed by atoms with Crippen LogP contribution in [-0.2, 0) is 11.0 Å². The highest BCUT2D eigenvalue weighted by Crippen LogP contribution is 2.32. The van der Waals surface area contributed by atoms with Crippen molar-refractivity contribution in [1.82, 2.24) is 14.8 Å². The van der Waals surface area contributed by atoms with E-state index >= 15 is 0 Å². The standard InChI is InChI=1S/C19H27F3N4O2/c1-24-8-10-25(11-9-24)16-6-7-26(13-14(16)2-5-18(27)28)17-4-3-15(12-23-17)19(20,21)22/h3-4,12,14,16H,2,5-11,13H2,1H3,(H,27,28)/t14-,16+/m1/s1. The molecular formula is C19H27F3N4O2. The number of likely N-dealkylation sites (N-methyl/N-ethyl adjacent to an activating group) is 1. The maximum atomic E-state index is 12.8. The number of carboxylic acids is 1. The fourth-order valence-corrected chi connectivity index (χ4v) is 4.20. The molecule has 0 aliphatic carbocycles. The van der Waals surface area contributed by atoms with E-state index in [1.165, 1.54) is 6.07 Å². The molecule has 1 N–H and O–H groups in total. The van der Waals surface area contributed by atoms with Gasteiger partial charge in [0.25, 0.3) is 0 Å². The van der Waals surface area contributed by atoms with Crippen LogP contribution in [0.15, 0.2) is 18.3 Å². The molecule has 2 fully saturated rings. The van der Waals surface area contributed by atoms with Gasteiger partial charge in [-0.25, -0.2) is 4.98 Å². The molecule has 156 valence electrons. The van der Waals surface area contributed by atoms with E-state index in [1.54, 1.807) is 0 Å². The van der Waals surface area contributed by atoms with Gasteiger partial charge in [0.1, 0.15) is 5.82 Å². The normalized spacial score (nSPS) is 25.1. The molecule has 6 nitrogen and oxygen atoms in total. The average molecular weight is 400 g/mol. The van der Waals surface area contributed by atoms with Gasteiger partial charge in [-0.05, 0) is 37.9 Å². The van der Waals surface area contributed by atoms with Crippen molar-refractivity contribution in [3.05, 3.63) is 23.9 Å². The van der Waals surface area contributed by atoms with Crippen LogP contribution in [-0.4, -0.2) is 78.2 Å². The summed E-state index contributed by atoms with van der Waals surface area (Å²) in [6, 6.07) is 2.77. The van der Waals surface area contributed by atoms with Crippen LogP contribution in [0.1, 0.15) is 24.8 Å². The number of carboxylic acid groups (broad SMARTS) is 1. The second kappa shape index (κ2) is 8.65. The molecule has 1 aromatic heterocycles. The fraction of sp³-hybridized carbons (Fsp3) is 0.684. The molecule has 0 spiro atoms. The molecule has 0 bridgehead atoms. The number of hydrogen-bond donors (Lipinski definition) is 1. The molecule has 28 heavy (non-hydrogen) atoms. The number of aromatic nitrogens is 1. The number of anilines is 1. The fourth-order valence-electron chi connectivity index (χ4n) is 4.20. The first-order valence-corrected chi connectivity index (χ1v) is 9.66. The second-order valence-corrected chi connectivity index (χ2v) is 7.74. The predicted molar refractivity (Wildman–Crippen MR) is 99.3 cm³/mol. The largest absolute Gasteiger partial charge is 0.481 e. The zero-order valence-corrected chi connectivity index (χ0v) is 16.0. The van der Waals surface area contributed by atoms with Crippen LogP contribution in [0, 0.1) is 5.92 Å². The number of carbonyl (C=O) groups is 1. The number of rotatable bonds is 5. The smallest absolute Gasteiger partial charge is 0.417 e. The monoisotopic (exact) mass is 400 g/mol. The predicted octanol–water partition coefficient (Wildman–Crippen LogP) is 2.41. The lowest BCUT2D eigenvalue weighted by molar-refractivity contribution is -0.138. The topological polar surface area (TPSA) is 59.9 Å². The Bertz CT molecular complexity index is 660. The van der Waals surface area contributed by atoms with Crippen LogP contribution in [0.5, 0.6) is 0 Å². The van der Waals surface area contributed by atoms with E-state index in [0.717, 1.165) is 44.9 Å². The number of alkyl halides is 3. The molecule has 0 saturated carbocycles. The Hall–Kier alpha value is -1.87. The van der Waals surface area contributed by atoms with E-state index in [1.807, 2.05) is 4.90 Å². The minimum absolute atomic E-state index is 0.100. The number of aliphatic carboxylic acids is 1. The van der Waals surface area contributed by atoms with E-state index in [2.05, 4.69) is 21.8 Å². The highest BCUT2D eigenvalue weighted by Gasteiger charge is 2.35. The first-order valence-electron chi connectivity index (χ1n) is 9.66. The lowest BCUT2D eigenvalue weighted by Gasteiger charge is -2.46. The van der Waals surface area contributed by atoms with Gasteiger partial charge in [0.2, 0.25) is 0 Å². The lowest BCUT2D eigenvalue weighted by Crippen LogP contribution is -2.56. The molecule has 2 aliphatic heterocycles. The van der Waals surface area contributed by atoms with E-state index in [9.17, 15) is 18.0 Å². The summed E-state index contributed by atoms with van der Waals surface area (Å²) in [5.74, 6) is -0.149. The van der Waals surface area contributed by atoms with Gasteiger partial charge in [0, 0.05) is 57.9 Å². The van der Waals surface area contributed by atoms with Gasteiger partial charge in [0.15, 0.2) is 0 Å². The van der Waals surface area contributed by atoms with Crippen molar-refractivity contribution in [2.45, 2.75) is 31.5 Å². The Morgan fingerprint density at radius 2 is 1.93 bits per heavy atom. The van der Waals surface area contributed by atoms with Crippen LogP contribution >= 0.6 is 0 Å². The Labute approximate surface area is 162 Å². The Morgan fingerprint density at radius 1 is 1.21 bits per heavy atom. The molecule has 3 rings (SSSR count). The summed E-state index contributed by atoms with van der Waals surface area (Å²) in [5.41, 5.74) is -0.758. The van der Waals surface area contributed by atoms with Crippen LogP contribution in [0.25, 0.3) is 0 Å². The molecule has 0 amide bonds. The maximum absolute atomic E-state index is 12.8. The molecule has 2 aliphatic rings. The Balaban J connectivity index is 1.70. The van der Waals surface area contributed by atoms with Gasteiger partial charge < -0.3 is 14.9 Å². The van der Waals surface area contributed by atoms with Gasteiger partial charge in [-0.3, -0.25) is 9.69 Å². The molecular weight excluding hydrogens is 373 g/mol. The summed E-state index contributed by atoms with van der Waals surface area (Å²) in [7, 11) is 2.10. The highest BCUT2D eigenvalue weighted by atomic mass is 19.4. The van der Waals surface area contributed by atoms with Crippen molar-refractivity contribution in [3.8, 4) is 0 Å². The lowest BCUT2D eigenvalue weighted by atomic mass is 9.86. The molecule has 1 aromatic rings. The number of halogens is 3. The van der Waals surface area contributed by atoms with Gasteiger partial charge in [0.05, 0.1) is 5.56 Å². The second-order valence-electron chi connectivity index (χ2n) is 7.74. The molecule has 0 radical (unpaired) electrons. The Morgan fingerprint density at radius 3 is 2.50 bits per heavy atom. The van der Waals surface area contributed by atoms with E-state index in [-0.39, 0.29) is 12.3 Å². The maximum Gasteiger partial charge on any atom is 0.417 e. The summed E-state index contributed by atoms with van der Waals surface area (Å²) >= 11 is 0. The Kier molecular flexibility index (Phi) is 6.44. The van der Waals surface area contributed by atoms with Crippen LogP contribution in [0.2, 0.25) is 0 Å². The van der Waals surface area contributed by atoms with Crippen molar-refractivity contribution in [2.75, 3.05) is 51.2 Å². The van der Waals surface area contributed by atoms with Crippen molar-refractivity contribution in [1.29, 1.82) is 0 Å². The van der Waals surface area contributed by atoms with Crippen LogP contribution < -0.4 is 4.90 Å². The van der Waals surface area contributed by atoms with Crippen LogP contribution in [0.4, 0.5) is 19.0 Å². The van der Waals surface area contributed by atoms with Gasteiger partial charge in [-0.1, -0.05) is 0 Å². The average Bonchev–Trinajstić information content (AvgIpc) is 2.66. The van der Waals surface area contributed by atoms with Crippen molar-refractivity contribution < 1.29 is 23.1 Å². The van der Waals surface area contributed by atoms with Crippen molar-refractivity contribution in [3.63, 3.8) is 0 Å². The summed E-state index contributed by atoms with van der Waals surface area (Å²) < 4.78 is 38.3. The van der Waals surface area contributed by atoms with Crippen molar-refractivity contribution >= 4 is 11.8 Å². The third-order valence-corrected chi connectivity index (χ3v) is 5.83. The first kappa shape index (κ1) is 20.9. The van der Waals surface area contributed by atoms with Crippen molar-refractivity contribution in [2.24, 2.45) is 5.92 Å². The highest BCUT2D eigenvalue weighted by molar-refractivity contribution is 5.66. The zero-order chi connectivity index (χ0) is 20.3. The minimum atomic E-state index is -4.40. The van der Waals surface area contributed by atoms with Gasteiger partial charge >= 0.3 is 12.1 Å². The van der Waals surface area contributed by atoms with Gasteiger partial charge in [-0.2, -0.15) is 13.2 Å². The summed E-state index contributed by atoms with van der Waals surface area (Å²) in [6.45, 7) is 5.23. The number of piperidine rings is 1. The number of piperazine rings is 1. The van der Waals surface area contributed by atoms with E-state index in [4.69, 9.17) is 5.11 Å². The number of hydrogen-bond acceptors (Lipinski definition) is 5. The summed E-state index contributed by atoms with van der Waals surface area (Å²) in [6.07, 6.45) is -2.01. The zero-order valence-electron chi connectivity index (χ0n) is 16.0.